The quantitative estimate of drug-likeness (QED) is 0.826. The highest BCUT2D eigenvalue weighted by Gasteiger charge is 2.31. The van der Waals surface area contributed by atoms with E-state index >= 15 is 0 Å². The minimum Gasteiger partial charge on any atom is -0.491 e. The van der Waals surface area contributed by atoms with Crippen molar-refractivity contribution in [3.63, 3.8) is 0 Å². The molecular weight excluding hydrogens is 366 g/mol. The summed E-state index contributed by atoms with van der Waals surface area (Å²) in [6.45, 7) is 7.38. The van der Waals surface area contributed by atoms with Crippen LogP contribution >= 0.6 is 12.4 Å². The Hall–Kier alpha value is -1.79. The third-order valence-electron chi connectivity index (χ3n) is 4.94. The van der Waals surface area contributed by atoms with E-state index in [1.807, 2.05) is 47.9 Å². The SMILES string of the molecule is CC(C)Oc1cccc(CC(=O)N2CCCC(N3CCNCC3=O)C2)c1.Cl. The molecule has 2 saturated heterocycles. The van der Waals surface area contributed by atoms with E-state index in [4.69, 9.17) is 4.74 Å². The van der Waals surface area contributed by atoms with Crippen molar-refractivity contribution in [1.82, 2.24) is 15.1 Å². The van der Waals surface area contributed by atoms with Crippen LogP contribution in [0.3, 0.4) is 0 Å². The summed E-state index contributed by atoms with van der Waals surface area (Å²) in [6.07, 6.45) is 2.41. The molecule has 2 aliphatic heterocycles. The molecule has 150 valence electrons. The second kappa shape index (κ2) is 9.95. The molecule has 3 rings (SSSR count). The van der Waals surface area contributed by atoms with Gasteiger partial charge >= 0.3 is 0 Å². The molecule has 1 aromatic carbocycles. The summed E-state index contributed by atoms with van der Waals surface area (Å²) in [4.78, 5) is 28.8. The third-order valence-corrected chi connectivity index (χ3v) is 4.94. The molecule has 1 atom stereocenters. The zero-order valence-electron chi connectivity index (χ0n) is 16.1. The van der Waals surface area contributed by atoms with Gasteiger partial charge in [0.25, 0.3) is 0 Å². The lowest BCUT2D eigenvalue weighted by Gasteiger charge is -2.41. The fourth-order valence-electron chi connectivity index (χ4n) is 3.73. The minimum absolute atomic E-state index is 0. The fourth-order valence-corrected chi connectivity index (χ4v) is 3.73. The summed E-state index contributed by atoms with van der Waals surface area (Å²) >= 11 is 0. The Morgan fingerprint density at radius 2 is 2.15 bits per heavy atom. The molecule has 1 unspecified atom stereocenters. The number of amides is 2. The highest BCUT2D eigenvalue weighted by Crippen LogP contribution is 2.20. The Morgan fingerprint density at radius 1 is 1.33 bits per heavy atom. The number of hydrogen-bond acceptors (Lipinski definition) is 4. The van der Waals surface area contributed by atoms with Gasteiger partial charge in [-0.15, -0.1) is 12.4 Å². The molecule has 2 amide bonds. The van der Waals surface area contributed by atoms with E-state index in [1.54, 1.807) is 0 Å². The average molecular weight is 396 g/mol. The Labute approximate surface area is 167 Å². The lowest BCUT2D eigenvalue weighted by Crippen LogP contribution is -2.57. The number of nitrogens with one attached hydrogen (secondary N) is 1. The van der Waals surface area contributed by atoms with Gasteiger partial charge in [-0.3, -0.25) is 9.59 Å². The Bertz CT molecular complexity index is 653. The number of piperidine rings is 1. The molecule has 2 aliphatic rings. The second-order valence-electron chi connectivity index (χ2n) is 7.39. The average Bonchev–Trinajstić information content (AvgIpc) is 2.62. The summed E-state index contributed by atoms with van der Waals surface area (Å²) in [6, 6.07) is 7.91. The first-order valence-corrected chi connectivity index (χ1v) is 9.56. The molecule has 0 saturated carbocycles. The zero-order valence-corrected chi connectivity index (χ0v) is 17.0. The zero-order chi connectivity index (χ0) is 18.5. The molecule has 1 N–H and O–H groups in total. The molecule has 1 aromatic rings. The van der Waals surface area contributed by atoms with Gasteiger partial charge in [-0.2, -0.15) is 0 Å². The van der Waals surface area contributed by atoms with Crippen LogP contribution in [-0.4, -0.2) is 66.5 Å². The van der Waals surface area contributed by atoms with Gasteiger partial charge in [0.15, 0.2) is 0 Å². The molecule has 7 heteroatoms. The Kier molecular flexibility index (Phi) is 7.92. The molecular formula is C20H30ClN3O3. The second-order valence-corrected chi connectivity index (χ2v) is 7.39. The van der Waals surface area contributed by atoms with E-state index in [0.717, 1.165) is 43.8 Å². The third kappa shape index (κ3) is 5.84. The van der Waals surface area contributed by atoms with Crippen molar-refractivity contribution in [2.45, 2.75) is 45.3 Å². The largest absolute Gasteiger partial charge is 0.491 e. The van der Waals surface area contributed by atoms with Crippen LogP contribution in [0.2, 0.25) is 0 Å². The van der Waals surface area contributed by atoms with Gasteiger partial charge in [0, 0.05) is 32.2 Å². The van der Waals surface area contributed by atoms with Gasteiger partial charge in [-0.1, -0.05) is 12.1 Å². The maximum Gasteiger partial charge on any atom is 0.236 e. The van der Waals surface area contributed by atoms with E-state index in [0.29, 0.717) is 19.5 Å². The van der Waals surface area contributed by atoms with E-state index in [-0.39, 0.29) is 36.4 Å². The number of likely N-dealkylation sites (tertiary alicyclic amines) is 1. The summed E-state index contributed by atoms with van der Waals surface area (Å²) in [5, 5.41) is 3.11. The first-order chi connectivity index (χ1) is 12.5. The first-order valence-electron chi connectivity index (χ1n) is 9.56. The van der Waals surface area contributed by atoms with Gasteiger partial charge in [0.05, 0.1) is 19.1 Å². The summed E-state index contributed by atoms with van der Waals surface area (Å²) < 4.78 is 5.72. The van der Waals surface area contributed by atoms with Crippen LogP contribution in [0.25, 0.3) is 0 Å². The van der Waals surface area contributed by atoms with Crippen LogP contribution in [0.4, 0.5) is 0 Å². The van der Waals surface area contributed by atoms with E-state index in [1.165, 1.54) is 0 Å². The number of nitrogens with zero attached hydrogens (tertiary/aromatic N) is 2. The molecule has 0 spiro atoms. The van der Waals surface area contributed by atoms with Gasteiger partial charge in [0.2, 0.25) is 11.8 Å². The predicted octanol–water partition coefficient (Wildman–Crippen LogP) is 1.86. The van der Waals surface area contributed by atoms with Crippen LogP contribution in [0.1, 0.15) is 32.3 Å². The van der Waals surface area contributed by atoms with Crippen molar-refractivity contribution in [3.05, 3.63) is 29.8 Å². The topological polar surface area (TPSA) is 61.9 Å². The lowest BCUT2D eigenvalue weighted by molar-refractivity contribution is -0.140. The number of benzene rings is 1. The number of ether oxygens (including phenoxy) is 1. The highest BCUT2D eigenvalue weighted by molar-refractivity contribution is 5.85. The minimum atomic E-state index is 0. The molecule has 2 fully saturated rings. The standard InChI is InChI=1S/C20H29N3O3.ClH/c1-15(2)26-18-7-3-5-16(11-18)12-19(24)22-9-4-6-17(14-22)23-10-8-21-13-20(23)25;/h3,5,7,11,15,17,21H,4,6,8-10,12-14H2,1-2H3;1H. The van der Waals surface area contributed by atoms with Crippen LogP contribution < -0.4 is 10.1 Å². The normalized spacial score (nSPS) is 20.4. The van der Waals surface area contributed by atoms with Crippen LogP contribution in [-0.2, 0) is 16.0 Å². The summed E-state index contributed by atoms with van der Waals surface area (Å²) in [5.74, 6) is 1.07. The van der Waals surface area contributed by atoms with E-state index in [9.17, 15) is 9.59 Å². The molecule has 0 aliphatic carbocycles. The van der Waals surface area contributed by atoms with Gasteiger partial charge < -0.3 is 19.9 Å². The van der Waals surface area contributed by atoms with Gasteiger partial charge in [-0.25, -0.2) is 0 Å². The predicted molar refractivity (Wildman–Crippen MR) is 107 cm³/mol. The van der Waals surface area contributed by atoms with Crippen molar-refractivity contribution in [3.8, 4) is 5.75 Å². The smallest absolute Gasteiger partial charge is 0.236 e. The number of rotatable bonds is 5. The van der Waals surface area contributed by atoms with Crippen molar-refractivity contribution in [2.24, 2.45) is 0 Å². The molecule has 27 heavy (non-hydrogen) atoms. The molecule has 2 heterocycles. The van der Waals surface area contributed by atoms with Crippen LogP contribution in [0, 0.1) is 0 Å². The highest BCUT2D eigenvalue weighted by atomic mass is 35.5. The van der Waals surface area contributed by atoms with Gasteiger partial charge in [-0.05, 0) is 44.4 Å². The monoisotopic (exact) mass is 395 g/mol. The summed E-state index contributed by atoms with van der Waals surface area (Å²) in [5.41, 5.74) is 0.966. The Balaban J connectivity index is 0.00000261. The number of piperazine rings is 1. The summed E-state index contributed by atoms with van der Waals surface area (Å²) in [7, 11) is 0. The van der Waals surface area contributed by atoms with Crippen LogP contribution in [0.15, 0.2) is 24.3 Å². The fraction of sp³-hybridized carbons (Fsp3) is 0.600. The van der Waals surface area contributed by atoms with Crippen molar-refractivity contribution < 1.29 is 14.3 Å². The lowest BCUT2D eigenvalue weighted by atomic mass is 10.0. The Morgan fingerprint density at radius 3 is 2.89 bits per heavy atom. The maximum absolute atomic E-state index is 12.8. The number of hydrogen-bond donors (Lipinski definition) is 1. The maximum atomic E-state index is 12.8. The van der Waals surface area contributed by atoms with Crippen molar-refractivity contribution in [2.75, 3.05) is 32.7 Å². The molecule has 0 radical (unpaired) electrons. The molecule has 0 bridgehead atoms. The first kappa shape index (κ1) is 21.5. The van der Waals surface area contributed by atoms with E-state index in [2.05, 4.69) is 5.32 Å². The van der Waals surface area contributed by atoms with E-state index < -0.39 is 0 Å². The molecule has 0 aromatic heterocycles. The molecule has 6 nitrogen and oxygen atoms in total. The van der Waals surface area contributed by atoms with Crippen molar-refractivity contribution in [1.29, 1.82) is 0 Å². The van der Waals surface area contributed by atoms with Gasteiger partial charge in [0.1, 0.15) is 5.75 Å². The number of carbonyl (C=O) groups excluding carboxylic acids is 2. The van der Waals surface area contributed by atoms with Crippen molar-refractivity contribution >= 4 is 24.2 Å². The number of carbonyl (C=O) groups is 2. The number of halogens is 1. The van der Waals surface area contributed by atoms with Crippen LogP contribution in [0.5, 0.6) is 5.75 Å².